The summed E-state index contributed by atoms with van der Waals surface area (Å²) in [6.45, 7) is 8.65. The lowest BCUT2D eigenvalue weighted by Crippen LogP contribution is -2.64. The van der Waals surface area contributed by atoms with Crippen LogP contribution in [-0.2, 0) is 14.3 Å². The third-order valence-corrected chi connectivity index (χ3v) is 9.19. The average Bonchev–Trinajstić information content (AvgIpc) is 3.80. The Morgan fingerprint density at radius 2 is 1.74 bits per heavy atom. The van der Waals surface area contributed by atoms with E-state index in [9.17, 15) is 9.59 Å². The molecule has 39 heavy (non-hydrogen) atoms. The van der Waals surface area contributed by atoms with E-state index in [1.54, 1.807) is 18.5 Å². The Hall–Kier alpha value is -3.37. The lowest BCUT2D eigenvalue weighted by Gasteiger charge is -2.57. The Balaban J connectivity index is 1.19. The number of hydrogen-bond donors (Lipinski definition) is 1. The number of aldehydes is 2. The highest BCUT2D eigenvalue weighted by Gasteiger charge is 2.54. The van der Waals surface area contributed by atoms with Gasteiger partial charge in [-0.2, -0.15) is 0 Å². The second-order valence-electron chi connectivity index (χ2n) is 11.5. The fraction of sp³-hybridized carbons (Fsp3) is 0.552. The SMILES string of the molecule is CC(=CC=O)C(C=O)(C1CC1)N1CCC2(CC1)CN(c1cc(-c3cnc(N)nc3)nc(N3CCOCC3)c1)C2. The van der Waals surface area contributed by atoms with Crippen LogP contribution in [0.3, 0.4) is 0 Å². The number of carbonyl (C=O) groups is 2. The molecule has 1 unspecified atom stereocenters. The number of ether oxygens (including phenoxy) is 1. The van der Waals surface area contributed by atoms with Crippen molar-refractivity contribution in [3.05, 3.63) is 36.2 Å². The van der Waals surface area contributed by atoms with Crippen LogP contribution in [0.2, 0.25) is 0 Å². The predicted molar refractivity (Wildman–Crippen MR) is 150 cm³/mol. The summed E-state index contributed by atoms with van der Waals surface area (Å²) in [5.41, 5.74) is 9.05. The fourth-order valence-electron chi connectivity index (χ4n) is 6.72. The normalized spacial score (nSPS) is 23.3. The first-order valence-corrected chi connectivity index (χ1v) is 14.0. The summed E-state index contributed by atoms with van der Waals surface area (Å²) in [6.07, 6.45) is 11.1. The molecule has 0 aromatic carbocycles. The lowest BCUT2D eigenvalue weighted by atomic mass is 9.70. The van der Waals surface area contributed by atoms with Gasteiger partial charge in [-0.3, -0.25) is 9.69 Å². The number of nitrogens with zero attached hydrogens (tertiary/aromatic N) is 6. The molecule has 1 saturated carbocycles. The number of nitrogen functional groups attached to an aromatic ring is 1. The quantitative estimate of drug-likeness (QED) is 0.402. The number of hydrogen-bond acceptors (Lipinski definition) is 10. The first-order chi connectivity index (χ1) is 19.0. The maximum absolute atomic E-state index is 12.5. The van der Waals surface area contributed by atoms with Crippen LogP contribution >= 0.6 is 0 Å². The molecule has 2 N–H and O–H groups in total. The highest BCUT2D eigenvalue weighted by atomic mass is 16.5. The molecule has 6 rings (SSSR count). The standard InChI is InChI=1S/C29H37N7O3/c1-21(4-11-37)29(20-38,23-2-3-23)36-7-5-28(6-8-36)18-35(19-28)24-14-25(22-16-31-27(30)32-17-22)33-26(15-24)34-9-12-39-13-10-34/h4,11,14-17,20,23H,2-3,5-10,12-13,18-19H2,1H3,(H2,30,31,32). The number of anilines is 3. The van der Waals surface area contributed by atoms with Crippen LogP contribution < -0.4 is 15.5 Å². The fourth-order valence-corrected chi connectivity index (χ4v) is 6.72. The summed E-state index contributed by atoms with van der Waals surface area (Å²) in [5.74, 6) is 1.51. The molecule has 10 nitrogen and oxygen atoms in total. The number of likely N-dealkylation sites (tertiary alicyclic amines) is 1. The van der Waals surface area contributed by atoms with Crippen LogP contribution in [0.15, 0.2) is 36.2 Å². The molecule has 0 amide bonds. The van der Waals surface area contributed by atoms with Crippen molar-refractivity contribution in [2.45, 2.75) is 38.1 Å². The zero-order valence-electron chi connectivity index (χ0n) is 22.6. The van der Waals surface area contributed by atoms with Gasteiger partial charge in [-0.25, -0.2) is 15.0 Å². The number of carbonyl (C=O) groups excluding carboxylic acids is 2. The van der Waals surface area contributed by atoms with Gasteiger partial charge >= 0.3 is 0 Å². The van der Waals surface area contributed by atoms with Gasteiger partial charge in [0.05, 0.1) is 18.9 Å². The van der Waals surface area contributed by atoms with Gasteiger partial charge in [0.2, 0.25) is 5.95 Å². The van der Waals surface area contributed by atoms with Crippen LogP contribution in [0.4, 0.5) is 17.5 Å². The molecule has 2 aromatic heterocycles. The summed E-state index contributed by atoms with van der Waals surface area (Å²) in [7, 11) is 0. The van der Waals surface area contributed by atoms with E-state index in [-0.39, 0.29) is 11.4 Å². The van der Waals surface area contributed by atoms with Crippen molar-refractivity contribution in [1.82, 2.24) is 19.9 Å². The number of allylic oxidation sites excluding steroid dienone is 1. The van der Waals surface area contributed by atoms with Crippen molar-refractivity contribution < 1.29 is 14.3 Å². The van der Waals surface area contributed by atoms with Crippen molar-refractivity contribution >= 4 is 30.0 Å². The van der Waals surface area contributed by atoms with E-state index < -0.39 is 5.54 Å². The van der Waals surface area contributed by atoms with Gasteiger partial charge in [0, 0.05) is 74.4 Å². The first kappa shape index (κ1) is 25.9. The monoisotopic (exact) mass is 531 g/mol. The molecule has 10 heteroatoms. The molecule has 5 heterocycles. The van der Waals surface area contributed by atoms with Crippen molar-refractivity contribution in [2.24, 2.45) is 11.3 Å². The average molecular weight is 532 g/mol. The Labute approximate surface area is 229 Å². The maximum atomic E-state index is 12.5. The predicted octanol–water partition coefficient (Wildman–Crippen LogP) is 2.35. The van der Waals surface area contributed by atoms with Crippen molar-refractivity contribution in [3.8, 4) is 11.3 Å². The third-order valence-electron chi connectivity index (χ3n) is 9.19. The summed E-state index contributed by atoms with van der Waals surface area (Å²) in [4.78, 5) is 44.1. The van der Waals surface area contributed by atoms with Gasteiger partial charge in [-0.1, -0.05) is 0 Å². The number of aromatic nitrogens is 3. The summed E-state index contributed by atoms with van der Waals surface area (Å²) >= 11 is 0. The van der Waals surface area contributed by atoms with Gasteiger partial charge in [0.1, 0.15) is 23.9 Å². The van der Waals surface area contributed by atoms with Gasteiger partial charge < -0.3 is 25.1 Å². The van der Waals surface area contributed by atoms with Gasteiger partial charge in [-0.05, 0) is 56.2 Å². The Kier molecular flexibility index (Phi) is 6.84. The number of piperidine rings is 1. The van der Waals surface area contributed by atoms with Gasteiger partial charge in [-0.15, -0.1) is 0 Å². The van der Waals surface area contributed by atoms with Crippen molar-refractivity contribution in [3.63, 3.8) is 0 Å². The highest BCUT2D eigenvalue weighted by Crippen LogP contribution is 2.50. The number of morpholine rings is 1. The zero-order chi connectivity index (χ0) is 27.0. The van der Waals surface area contributed by atoms with Crippen LogP contribution in [-0.4, -0.2) is 90.4 Å². The summed E-state index contributed by atoms with van der Waals surface area (Å²) in [5, 5.41) is 0. The molecule has 0 bridgehead atoms. The summed E-state index contributed by atoms with van der Waals surface area (Å²) < 4.78 is 5.56. The van der Waals surface area contributed by atoms with E-state index in [4.69, 9.17) is 15.5 Å². The van der Waals surface area contributed by atoms with E-state index in [0.717, 1.165) is 106 Å². The number of rotatable bonds is 8. The van der Waals surface area contributed by atoms with Crippen molar-refractivity contribution in [2.75, 3.05) is 68.0 Å². The minimum Gasteiger partial charge on any atom is -0.378 e. The van der Waals surface area contributed by atoms with Crippen LogP contribution in [0.5, 0.6) is 0 Å². The van der Waals surface area contributed by atoms with E-state index in [0.29, 0.717) is 19.1 Å². The third kappa shape index (κ3) is 4.80. The summed E-state index contributed by atoms with van der Waals surface area (Å²) in [6, 6.07) is 4.31. The van der Waals surface area contributed by atoms with E-state index >= 15 is 0 Å². The number of nitrogens with two attached hydrogens (primary N) is 1. The molecule has 206 valence electrons. The van der Waals surface area contributed by atoms with E-state index in [2.05, 4.69) is 36.8 Å². The van der Waals surface area contributed by atoms with Crippen molar-refractivity contribution in [1.29, 1.82) is 0 Å². The van der Waals surface area contributed by atoms with Crippen LogP contribution in [0.25, 0.3) is 11.3 Å². The maximum Gasteiger partial charge on any atom is 0.219 e. The Morgan fingerprint density at radius 3 is 2.36 bits per heavy atom. The van der Waals surface area contributed by atoms with E-state index in [1.165, 1.54) is 0 Å². The molecule has 1 aliphatic carbocycles. The first-order valence-electron chi connectivity index (χ1n) is 14.0. The molecule has 4 aliphatic rings. The highest BCUT2D eigenvalue weighted by molar-refractivity contribution is 5.77. The second-order valence-corrected chi connectivity index (χ2v) is 11.5. The minimum absolute atomic E-state index is 0.240. The number of pyridine rings is 1. The smallest absolute Gasteiger partial charge is 0.219 e. The van der Waals surface area contributed by atoms with Crippen LogP contribution in [0, 0.1) is 11.3 Å². The largest absolute Gasteiger partial charge is 0.378 e. The molecular weight excluding hydrogens is 494 g/mol. The second kappa shape index (κ2) is 10.3. The molecule has 4 fully saturated rings. The minimum atomic E-state index is -0.625. The Morgan fingerprint density at radius 1 is 1.05 bits per heavy atom. The van der Waals surface area contributed by atoms with Gasteiger partial charge in [0.15, 0.2) is 0 Å². The molecular formula is C29H37N7O3. The van der Waals surface area contributed by atoms with E-state index in [1.807, 2.05) is 6.92 Å². The topological polar surface area (TPSA) is 118 Å². The molecule has 1 spiro atoms. The lowest BCUT2D eigenvalue weighted by molar-refractivity contribution is -0.120. The van der Waals surface area contributed by atoms with Crippen LogP contribution in [0.1, 0.15) is 32.6 Å². The Bertz CT molecular complexity index is 1240. The molecule has 3 aliphatic heterocycles. The molecule has 1 atom stereocenters. The molecule has 0 radical (unpaired) electrons. The molecule has 3 saturated heterocycles. The molecule has 2 aromatic rings. The van der Waals surface area contributed by atoms with Gasteiger partial charge in [0.25, 0.3) is 0 Å². The zero-order valence-corrected chi connectivity index (χ0v) is 22.6.